The predicted molar refractivity (Wildman–Crippen MR) is 70.4 cm³/mol. The molecule has 8 nitrogen and oxygen atoms in total. The molecule has 0 fully saturated rings. The standard InChI is InChI=1S/C10H14ClN7O/c1-4-19-10-14-8(16-12)13-9(15-10)18-6(3)7(11)5(2)17-18/h4,12H2,1-3H3,(H,13,14,15,16). The lowest BCUT2D eigenvalue weighted by Crippen LogP contribution is -2.15. The molecule has 3 N–H and O–H groups in total. The van der Waals surface area contributed by atoms with Crippen LogP contribution in [0.15, 0.2) is 0 Å². The Bertz CT molecular complexity index is 598. The molecule has 2 aromatic heterocycles. The van der Waals surface area contributed by atoms with Gasteiger partial charge in [0.15, 0.2) is 0 Å². The van der Waals surface area contributed by atoms with E-state index in [0.29, 0.717) is 23.3 Å². The fourth-order valence-electron chi connectivity index (χ4n) is 1.52. The van der Waals surface area contributed by atoms with Crippen LogP contribution in [0.2, 0.25) is 5.02 Å². The number of nitrogens with zero attached hydrogens (tertiary/aromatic N) is 5. The molecule has 0 aromatic carbocycles. The molecule has 0 saturated heterocycles. The molecule has 102 valence electrons. The van der Waals surface area contributed by atoms with Gasteiger partial charge in [0.05, 0.1) is 23.0 Å². The van der Waals surface area contributed by atoms with Gasteiger partial charge in [-0.2, -0.15) is 20.1 Å². The summed E-state index contributed by atoms with van der Waals surface area (Å²) in [6, 6.07) is 0.170. The molecule has 2 heterocycles. The Hall–Kier alpha value is -1.93. The highest BCUT2D eigenvalue weighted by Crippen LogP contribution is 2.21. The van der Waals surface area contributed by atoms with Crippen molar-refractivity contribution in [3.63, 3.8) is 0 Å². The molecule has 0 unspecified atom stereocenters. The topological polar surface area (TPSA) is 104 Å². The molecule has 19 heavy (non-hydrogen) atoms. The van der Waals surface area contributed by atoms with Crippen LogP contribution in [0.3, 0.4) is 0 Å². The number of aromatic nitrogens is 5. The van der Waals surface area contributed by atoms with Gasteiger partial charge >= 0.3 is 6.01 Å². The van der Waals surface area contributed by atoms with Crippen molar-refractivity contribution in [2.75, 3.05) is 12.0 Å². The zero-order chi connectivity index (χ0) is 14.0. The number of ether oxygens (including phenoxy) is 1. The second-order valence-corrected chi connectivity index (χ2v) is 4.09. The highest BCUT2D eigenvalue weighted by Gasteiger charge is 2.15. The summed E-state index contributed by atoms with van der Waals surface area (Å²) in [6.07, 6.45) is 0. The van der Waals surface area contributed by atoms with Gasteiger partial charge in [-0.25, -0.2) is 10.5 Å². The van der Waals surface area contributed by atoms with E-state index in [9.17, 15) is 0 Å². The molecule has 0 bridgehead atoms. The van der Waals surface area contributed by atoms with Crippen molar-refractivity contribution in [2.24, 2.45) is 5.84 Å². The van der Waals surface area contributed by atoms with Crippen molar-refractivity contribution >= 4 is 17.5 Å². The largest absolute Gasteiger partial charge is 0.464 e. The van der Waals surface area contributed by atoms with Gasteiger partial charge in [0.2, 0.25) is 5.95 Å². The Morgan fingerprint density at radius 3 is 2.58 bits per heavy atom. The number of aryl methyl sites for hydroxylation is 1. The van der Waals surface area contributed by atoms with Crippen molar-refractivity contribution in [1.29, 1.82) is 0 Å². The maximum atomic E-state index is 6.10. The second kappa shape index (κ2) is 5.37. The number of hydrogen-bond donors (Lipinski definition) is 2. The number of rotatable bonds is 4. The smallest absolute Gasteiger partial charge is 0.323 e. The van der Waals surface area contributed by atoms with E-state index in [0.717, 1.165) is 5.69 Å². The zero-order valence-corrected chi connectivity index (χ0v) is 11.6. The van der Waals surface area contributed by atoms with Gasteiger partial charge in [0.25, 0.3) is 5.95 Å². The minimum atomic E-state index is 0.170. The lowest BCUT2D eigenvalue weighted by Gasteiger charge is -2.07. The summed E-state index contributed by atoms with van der Waals surface area (Å²) in [5.74, 6) is 5.80. The number of anilines is 1. The fourth-order valence-corrected chi connectivity index (χ4v) is 1.64. The average molecular weight is 284 g/mol. The number of halogens is 1. The van der Waals surface area contributed by atoms with E-state index in [2.05, 4.69) is 25.5 Å². The number of nitrogen functional groups attached to an aromatic ring is 1. The Kier molecular flexibility index (Phi) is 3.82. The molecule has 0 saturated carbocycles. The third-order valence-corrected chi connectivity index (χ3v) is 2.95. The van der Waals surface area contributed by atoms with E-state index in [1.165, 1.54) is 4.68 Å². The Labute approximate surface area is 114 Å². The third kappa shape index (κ3) is 2.59. The lowest BCUT2D eigenvalue weighted by atomic mass is 10.4. The van der Waals surface area contributed by atoms with Gasteiger partial charge in [0, 0.05) is 0 Å². The predicted octanol–water partition coefficient (Wildman–Crippen LogP) is 1.01. The minimum absolute atomic E-state index is 0.170. The van der Waals surface area contributed by atoms with E-state index < -0.39 is 0 Å². The third-order valence-electron chi connectivity index (χ3n) is 2.40. The molecule has 9 heteroatoms. The maximum Gasteiger partial charge on any atom is 0.323 e. The SMILES string of the molecule is CCOc1nc(NN)nc(-n2nc(C)c(Cl)c2C)n1. The van der Waals surface area contributed by atoms with Crippen LogP contribution in [0.1, 0.15) is 18.3 Å². The highest BCUT2D eigenvalue weighted by molar-refractivity contribution is 6.31. The number of nitrogens with one attached hydrogen (secondary N) is 1. The summed E-state index contributed by atoms with van der Waals surface area (Å²) in [6.45, 7) is 5.89. The van der Waals surface area contributed by atoms with Crippen LogP contribution in [0.25, 0.3) is 5.95 Å². The second-order valence-electron chi connectivity index (χ2n) is 3.72. The molecule has 0 spiro atoms. The van der Waals surface area contributed by atoms with Crippen LogP contribution in [0.4, 0.5) is 5.95 Å². The maximum absolute atomic E-state index is 6.10. The molecule has 0 atom stereocenters. The van der Waals surface area contributed by atoms with Gasteiger partial charge in [-0.05, 0) is 20.8 Å². The Balaban J connectivity index is 2.54. The van der Waals surface area contributed by atoms with Crippen LogP contribution in [0, 0.1) is 13.8 Å². The summed E-state index contributed by atoms with van der Waals surface area (Å²) in [4.78, 5) is 12.3. The monoisotopic (exact) mass is 283 g/mol. The quantitative estimate of drug-likeness (QED) is 0.637. The Morgan fingerprint density at radius 2 is 2.05 bits per heavy atom. The number of hydrazine groups is 1. The number of hydrogen-bond acceptors (Lipinski definition) is 7. The summed E-state index contributed by atoms with van der Waals surface area (Å²) in [7, 11) is 0. The molecule has 0 aliphatic carbocycles. The average Bonchev–Trinajstić information content (AvgIpc) is 2.66. The lowest BCUT2D eigenvalue weighted by molar-refractivity contribution is 0.311. The molecule has 0 radical (unpaired) electrons. The summed E-state index contributed by atoms with van der Waals surface area (Å²) in [5.41, 5.74) is 3.79. The van der Waals surface area contributed by atoms with Crippen molar-refractivity contribution < 1.29 is 4.74 Å². The molecular weight excluding hydrogens is 270 g/mol. The first-order chi connectivity index (χ1) is 9.06. The van der Waals surface area contributed by atoms with Crippen molar-refractivity contribution in [2.45, 2.75) is 20.8 Å². The number of nitrogens with two attached hydrogens (primary N) is 1. The van der Waals surface area contributed by atoms with Crippen molar-refractivity contribution in [1.82, 2.24) is 24.7 Å². The highest BCUT2D eigenvalue weighted by atomic mass is 35.5. The van der Waals surface area contributed by atoms with Gasteiger partial charge in [0.1, 0.15) is 0 Å². The first-order valence-electron chi connectivity index (χ1n) is 5.64. The van der Waals surface area contributed by atoms with Crippen LogP contribution in [-0.4, -0.2) is 31.3 Å². The van der Waals surface area contributed by atoms with Crippen molar-refractivity contribution in [3.05, 3.63) is 16.4 Å². The van der Waals surface area contributed by atoms with E-state index in [1.807, 2.05) is 13.8 Å². The normalized spacial score (nSPS) is 10.6. The molecule has 0 aliphatic rings. The van der Waals surface area contributed by atoms with E-state index in [-0.39, 0.29) is 12.0 Å². The summed E-state index contributed by atoms with van der Waals surface area (Å²) >= 11 is 6.10. The van der Waals surface area contributed by atoms with Crippen LogP contribution in [-0.2, 0) is 0 Å². The van der Waals surface area contributed by atoms with Gasteiger partial charge < -0.3 is 4.74 Å². The van der Waals surface area contributed by atoms with Crippen LogP contribution in [0.5, 0.6) is 6.01 Å². The minimum Gasteiger partial charge on any atom is -0.464 e. The summed E-state index contributed by atoms with van der Waals surface area (Å²) in [5, 5.41) is 4.83. The molecule has 2 aromatic rings. The Morgan fingerprint density at radius 1 is 1.32 bits per heavy atom. The zero-order valence-electron chi connectivity index (χ0n) is 10.8. The van der Waals surface area contributed by atoms with Gasteiger partial charge in [-0.3, -0.25) is 5.43 Å². The van der Waals surface area contributed by atoms with Crippen LogP contribution >= 0.6 is 11.6 Å². The van der Waals surface area contributed by atoms with Crippen molar-refractivity contribution in [3.8, 4) is 12.0 Å². The summed E-state index contributed by atoms with van der Waals surface area (Å²) < 4.78 is 6.77. The molecular formula is C10H14ClN7O. The van der Waals surface area contributed by atoms with E-state index in [1.54, 1.807) is 6.92 Å². The molecule has 0 amide bonds. The molecule has 2 rings (SSSR count). The van der Waals surface area contributed by atoms with Gasteiger partial charge in [-0.15, -0.1) is 0 Å². The fraction of sp³-hybridized carbons (Fsp3) is 0.400. The first kappa shape index (κ1) is 13.5. The van der Waals surface area contributed by atoms with Gasteiger partial charge in [-0.1, -0.05) is 11.6 Å². The molecule has 0 aliphatic heterocycles. The van der Waals surface area contributed by atoms with E-state index >= 15 is 0 Å². The van der Waals surface area contributed by atoms with E-state index in [4.69, 9.17) is 22.2 Å². The van der Waals surface area contributed by atoms with Crippen LogP contribution < -0.4 is 16.0 Å². The first-order valence-corrected chi connectivity index (χ1v) is 6.02.